The van der Waals surface area contributed by atoms with E-state index >= 15 is 0 Å². The topological polar surface area (TPSA) is 17.1 Å². The Labute approximate surface area is 86.9 Å². The second-order valence-corrected chi connectivity index (χ2v) is 4.22. The van der Waals surface area contributed by atoms with Crippen LogP contribution in [-0.4, -0.2) is 26.1 Å². The Bertz CT molecular complexity index is 338. The summed E-state index contributed by atoms with van der Waals surface area (Å²) in [6.07, 6.45) is 3.62. The Balaban J connectivity index is 2.34. The van der Waals surface area contributed by atoms with Gasteiger partial charge >= 0.3 is 86.4 Å². The molecule has 2 rings (SSSR count). The molecule has 1 aromatic rings. The summed E-state index contributed by atoms with van der Waals surface area (Å²) in [5, 5.41) is 0. The molecule has 1 unspecified atom stereocenters. The normalized spacial score (nSPS) is 25.9. The SMILES string of the molecule is CCC1(c2cbbbc2)CCC(=O)C1. The predicted octanol–water partition coefficient (Wildman–Crippen LogP) is 1.10. The number of carbonyl (C=O) groups excluding carboxylic acids is 1. The zero-order valence-electron chi connectivity index (χ0n) is 8.62. The van der Waals surface area contributed by atoms with Crippen molar-refractivity contribution in [1.29, 1.82) is 0 Å². The molecule has 0 N–H and O–H groups in total. The first kappa shape index (κ1) is 10.0. The molecule has 1 aliphatic carbocycles. The molecule has 4 heteroatoms. The number of carbonyl (C=O) groups is 1. The van der Waals surface area contributed by atoms with Crippen LogP contribution < -0.4 is 0 Å². The van der Waals surface area contributed by atoms with Crippen molar-refractivity contribution in [3.63, 3.8) is 0 Å². The van der Waals surface area contributed by atoms with Crippen LogP contribution in [-0.2, 0) is 10.2 Å². The Morgan fingerprint density at radius 3 is 2.64 bits per heavy atom. The van der Waals surface area contributed by atoms with Gasteiger partial charge in [-0.15, -0.1) is 0 Å². The van der Waals surface area contributed by atoms with Crippen molar-refractivity contribution in [2.45, 2.75) is 38.0 Å². The van der Waals surface area contributed by atoms with Crippen molar-refractivity contribution in [2.24, 2.45) is 0 Å². The van der Waals surface area contributed by atoms with Crippen LogP contribution in [0.1, 0.15) is 38.2 Å². The van der Waals surface area contributed by atoms with Crippen molar-refractivity contribution in [3.8, 4) is 0 Å². The van der Waals surface area contributed by atoms with E-state index in [1.165, 1.54) is 5.56 Å². The van der Waals surface area contributed by atoms with Crippen LogP contribution in [0.5, 0.6) is 0 Å². The zero-order chi connectivity index (χ0) is 10.0. The molecular weight excluding hydrogens is 169 g/mol. The van der Waals surface area contributed by atoms with Crippen molar-refractivity contribution >= 4 is 26.1 Å². The van der Waals surface area contributed by atoms with Crippen molar-refractivity contribution in [1.82, 2.24) is 0 Å². The summed E-state index contributed by atoms with van der Waals surface area (Å²) >= 11 is 0. The molecule has 1 atom stereocenters. The molecule has 0 amide bonds. The molecule has 1 aromatic heterocycles. The van der Waals surface area contributed by atoms with Crippen LogP contribution in [0.2, 0.25) is 0 Å². The maximum atomic E-state index is 11.4. The van der Waals surface area contributed by atoms with E-state index in [9.17, 15) is 4.79 Å². The van der Waals surface area contributed by atoms with Gasteiger partial charge in [0.15, 0.2) is 0 Å². The Hall–Kier alpha value is -0.525. The molecule has 0 radical (unpaired) electrons. The molecule has 1 heterocycles. The van der Waals surface area contributed by atoms with E-state index in [2.05, 4.69) is 32.4 Å². The summed E-state index contributed by atoms with van der Waals surface area (Å²) in [4.78, 5) is 11.4. The minimum atomic E-state index is 0.151. The van der Waals surface area contributed by atoms with Crippen LogP contribution in [0.3, 0.4) is 0 Å². The van der Waals surface area contributed by atoms with Crippen molar-refractivity contribution in [3.05, 3.63) is 17.5 Å². The summed E-state index contributed by atoms with van der Waals surface area (Å²) in [6, 6.07) is 0. The fourth-order valence-corrected chi connectivity index (χ4v) is 2.48. The quantitative estimate of drug-likeness (QED) is 0.668. The van der Waals surface area contributed by atoms with E-state index < -0.39 is 0 Å². The standard InChI is InChI=1S/C10H13B3O/c1-2-10(4-3-9(14)5-10)8-6-11-13-12-7-8/h6-7H,2-5H2,1H3. The van der Waals surface area contributed by atoms with Gasteiger partial charge in [-0.1, -0.05) is 0 Å². The first-order valence-corrected chi connectivity index (χ1v) is 5.34. The van der Waals surface area contributed by atoms with Gasteiger partial charge in [-0.05, 0) is 0 Å². The predicted molar refractivity (Wildman–Crippen MR) is 61.3 cm³/mol. The third kappa shape index (κ3) is 1.67. The molecule has 0 saturated heterocycles. The third-order valence-corrected chi connectivity index (χ3v) is 3.48. The third-order valence-electron chi connectivity index (χ3n) is 3.48. The van der Waals surface area contributed by atoms with Crippen LogP contribution in [0.25, 0.3) is 0 Å². The van der Waals surface area contributed by atoms with Gasteiger partial charge in [-0.3, -0.25) is 0 Å². The van der Waals surface area contributed by atoms with E-state index in [1.807, 2.05) is 6.68 Å². The second-order valence-electron chi connectivity index (χ2n) is 4.22. The van der Waals surface area contributed by atoms with Gasteiger partial charge < -0.3 is 0 Å². The monoisotopic (exact) mass is 182 g/mol. The van der Waals surface area contributed by atoms with E-state index in [1.54, 1.807) is 0 Å². The van der Waals surface area contributed by atoms with Gasteiger partial charge in [0.2, 0.25) is 0 Å². The number of hydrogen-bond acceptors (Lipinski definition) is 1. The van der Waals surface area contributed by atoms with E-state index in [-0.39, 0.29) is 5.41 Å². The van der Waals surface area contributed by atoms with E-state index in [4.69, 9.17) is 0 Å². The fraction of sp³-hybridized carbons (Fsp3) is 0.600. The average molecular weight is 182 g/mol. The summed E-state index contributed by atoms with van der Waals surface area (Å²) < 4.78 is 0. The molecule has 1 saturated carbocycles. The van der Waals surface area contributed by atoms with Gasteiger partial charge in [0.25, 0.3) is 0 Å². The Morgan fingerprint density at radius 2 is 2.14 bits per heavy atom. The molecule has 0 spiro atoms. The molecule has 0 bridgehead atoms. The number of hydrogen-bond donors (Lipinski definition) is 0. The molecule has 1 fully saturated rings. The van der Waals surface area contributed by atoms with Crippen LogP contribution in [0.15, 0.2) is 11.9 Å². The Kier molecular flexibility index (Phi) is 2.80. The van der Waals surface area contributed by atoms with Gasteiger partial charge in [-0.25, -0.2) is 0 Å². The van der Waals surface area contributed by atoms with Crippen LogP contribution in [0, 0.1) is 0 Å². The maximum absolute atomic E-state index is 11.4. The molecular formula is C10H13B3O. The zero-order valence-corrected chi connectivity index (χ0v) is 8.62. The summed E-state index contributed by atoms with van der Waals surface area (Å²) in [6.45, 7) is 8.35. The van der Waals surface area contributed by atoms with Crippen LogP contribution in [0.4, 0.5) is 0 Å². The number of ketones is 1. The first-order chi connectivity index (χ1) is 6.77. The molecule has 68 valence electrons. The molecule has 1 aliphatic rings. The van der Waals surface area contributed by atoms with Crippen molar-refractivity contribution < 1.29 is 4.79 Å². The summed E-state index contributed by atoms with van der Waals surface area (Å²) in [7, 11) is 0. The second kappa shape index (κ2) is 3.92. The van der Waals surface area contributed by atoms with Gasteiger partial charge in [0.05, 0.1) is 0 Å². The summed E-state index contributed by atoms with van der Waals surface area (Å²) in [5.41, 5.74) is 1.49. The van der Waals surface area contributed by atoms with E-state index in [0.29, 0.717) is 5.78 Å². The van der Waals surface area contributed by atoms with Crippen LogP contribution >= 0.6 is 0 Å². The van der Waals surface area contributed by atoms with Gasteiger partial charge in [0, 0.05) is 0 Å². The minimum absolute atomic E-state index is 0.151. The molecule has 1 nitrogen and oxygen atoms in total. The molecule has 0 aliphatic heterocycles. The Morgan fingerprint density at radius 1 is 1.43 bits per heavy atom. The number of Topliss-reactive ketones (excluding diaryl/α,β-unsaturated/α-hetero) is 1. The van der Waals surface area contributed by atoms with Crippen molar-refractivity contribution in [2.75, 3.05) is 0 Å². The fourth-order valence-electron chi connectivity index (χ4n) is 2.48. The average Bonchev–Trinajstić information content (AvgIpc) is 2.63. The number of rotatable bonds is 2. The van der Waals surface area contributed by atoms with E-state index in [0.717, 1.165) is 25.7 Å². The first-order valence-electron chi connectivity index (χ1n) is 5.34. The van der Waals surface area contributed by atoms with Gasteiger partial charge in [0.1, 0.15) is 0 Å². The van der Waals surface area contributed by atoms with Gasteiger partial charge in [-0.2, -0.15) is 0 Å². The summed E-state index contributed by atoms with van der Waals surface area (Å²) in [5.74, 6) is 4.74. The molecule has 14 heavy (non-hydrogen) atoms. The molecule has 0 aromatic carbocycles.